The number of aromatic nitrogens is 2. The number of fused-ring (bicyclic) bond motifs is 1. The van der Waals surface area contributed by atoms with Crippen LogP contribution in [0.1, 0.15) is 45.7 Å². The molecule has 1 aromatic carbocycles. The Hall–Kier alpha value is -2.22. The molecule has 4 rings (SSSR count). The number of aliphatic hydroxyl groups excluding tert-OH is 1. The van der Waals surface area contributed by atoms with E-state index in [4.69, 9.17) is 0 Å². The van der Waals surface area contributed by atoms with Gasteiger partial charge in [-0.2, -0.15) is 5.10 Å². The highest BCUT2D eigenvalue weighted by molar-refractivity contribution is 5.94. The summed E-state index contributed by atoms with van der Waals surface area (Å²) in [4.78, 5) is 15.0. The number of aliphatic hydroxyl groups is 1. The number of hydrogen-bond donors (Lipinski definition) is 4. The summed E-state index contributed by atoms with van der Waals surface area (Å²) in [6, 6.07) is 8.23. The number of nitrogens with one attached hydrogen (secondary N) is 3. The molecule has 0 saturated carbocycles. The highest BCUT2D eigenvalue weighted by atomic mass is 16.3. The molecule has 144 valence electrons. The number of piperidine rings is 1. The van der Waals surface area contributed by atoms with Crippen LogP contribution < -0.4 is 10.6 Å². The predicted molar refractivity (Wildman–Crippen MR) is 102 cm³/mol. The molecule has 2 aliphatic heterocycles. The molecule has 7 nitrogen and oxygen atoms in total. The van der Waals surface area contributed by atoms with Crippen molar-refractivity contribution < 1.29 is 9.90 Å². The summed E-state index contributed by atoms with van der Waals surface area (Å²) in [5.74, 6) is -0.132. The summed E-state index contributed by atoms with van der Waals surface area (Å²) in [5.41, 5.74) is 4.89. The van der Waals surface area contributed by atoms with Gasteiger partial charge in [-0.15, -0.1) is 0 Å². The second kappa shape index (κ2) is 8.21. The zero-order chi connectivity index (χ0) is 18.6. The lowest BCUT2D eigenvalue weighted by molar-refractivity contribution is 0.0790. The molecule has 0 radical (unpaired) electrons. The molecule has 1 amide bonds. The summed E-state index contributed by atoms with van der Waals surface area (Å²) in [6.07, 6.45) is 2.38. The molecule has 1 aromatic heterocycles. The van der Waals surface area contributed by atoms with Crippen LogP contribution in [0.5, 0.6) is 0 Å². The number of aromatic amines is 1. The van der Waals surface area contributed by atoms with E-state index in [0.29, 0.717) is 18.8 Å². The van der Waals surface area contributed by atoms with Crippen molar-refractivity contribution in [2.24, 2.45) is 0 Å². The molecule has 1 saturated heterocycles. The van der Waals surface area contributed by atoms with Gasteiger partial charge in [-0.3, -0.25) is 14.8 Å². The maximum absolute atomic E-state index is 12.6. The van der Waals surface area contributed by atoms with E-state index in [9.17, 15) is 9.90 Å². The first kappa shape index (κ1) is 18.2. The van der Waals surface area contributed by atoms with E-state index in [1.165, 1.54) is 5.56 Å². The van der Waals surface area contributed by atoms with Crippen LogP contribution >= 0.6 is 0 Å². The molecule has 3 heterocycles. The van der Waals surface area contributed by atoms with Crippen LogP contribution in [-0.2, 0) is 26.1 Å². The van der Waals surface area contributed by atoms with Crippen molar-refractivity contribution in [1.29, 1.82) is 0 Å². The van der Waals surface area contributed by atoms with Crippen LogP contribution in [0, 0.1) is 0 Å². The summed E-state index contributed by atoms with van der Waals surface area (Å²) >= 11 is 0. The summed E-state index contributed by atoms with van der Waals surface area (Å²) in [7, 11) is 0. The fraction of sp³-hybridized carbons (Fsp3) is 0.500. The lowest BCUT2D eigenvalue weighted by atomic mass is 10.0. The first-order valence-corrected chi connectivity index (χ1v) is 9.73. The number of rotatable bonds is 5. The van der Waals surface area contributed by atoms with Gasteiger partial charge >= 0.3 is 0 Å². The van der Waals surface area contributed by atoms with E-state index in [1.807, 2.05) is 12.1 Å². The average molecular weight is 369 g/mol. The van der Waals surface area contributed by atoms with Gasteiger partial charge in [0.15, 0.2) is 5.69 Å². The largest absolute Gasteiger partial charge is 0.393 e. The Balaban J connectivity index is 1.40. The number of amides is 1. The van der Waals surface area contributed by atoms with Gasteiger partial charge < -0.3 is 15.7 Å². The van der Waals surface area contributed by atoms with Gasteiger partial charge in [0.25, 0.3) is 5.91 Å². The van der Waals surface area contributed by atoms with E-state index in [2.05, 4.69) is 37.9 Å². The minimum Gasteiger partial charge on any atom is -0.393 e. The van der Waals surface area contributed by atoms with Crippen LogP contribution in [0.15, 0.2) is 24.3 Å². The van der Waals surface area contributed by atoms with Crippen molar-refractivity contribution in [3.8, 4) is 0 Å². The Bertz CT molecular complexity index is 795. The molecular weight excluding hydrogens is 342 g/mol. The number of H-pyrrole nitrogens is 1. The van der Waals surface area contributed by atoms with Crippen LogP contribution in [0.4, 0.5) is 0 Å². The molecule has 0 aliphatic carbocycles. The molecule has 0 unspecified atom stereocenters. The Morgan fingerprint density at radius 1 is 1.26 bits per heavy atom. The molecule has 2 aliphatic rings. The Morgan fingerprint density at radius 3 is 2.85 bits per heavy atom. The fourth-order valence-electron chi connectivity index (χ4n) is 3.87. The average Bonchev–Trinajstić information content (AvgIpc) is 3.13. The number of carbonyl (C=O) groups is 1. The Morgan fingerprint density at radius 2 is 2.04 bits per heavy atom. The molecule has 7 heteroatoms. The lowest BCUT2D eigenvalue weighted by Gasteiger charge is -2.30. The van der Waals surface area contributed by atoms with Crippen LogP contribution in [0.2, 0.25) is 0 Å². The number of carbonyl (C=O) groups excluding carboxylic acids is 1. The summed E-state index contributed by atoms with van der Waals surface area (Å²) < 4.78 is 0. The molecule has 0 atom stereocenters. The van der Waals surface area contributed by atoms with Crippen molar-refractivity contribution in [2.75, 3.05) is 19.6 Å². The topological polar surface area (TPSA) is 93.3 Å². The summed E-state index contributed by atoms with van der Waals surface area (Å²) in [6.45, 7) is 4.76. The van der Waals surface area contributed by atoms with Crippen molar-refractivity contribution in [3.05, 3.63) is 52.3 Å². The van der Waals surface area contributed by atoms with E-state index in [1.54, 1.807) is 0 Å². The standard InChI is InChI=1S/C20H27N5O2/c26-16-6-9-25(10-7-16)13-15-4-2-1-3-14(15)11-22-20(27)19-17-12-21-8-5-18(17)23-24-19/h1-4,16,21,26H,5-13H2,(H,22,27)(H,23,24). The molecule has 0 spiro atoms. The van der Waals surface area contributed by atoms with Gasteiger partial charge in [0, 0.05) is 56.9 Å². The van der Waals surface area contributed by atoms with Gasteiger partial charge in [-0.05, 0) is 24.0 Å². The van der Waals surface area contributed by atoms with Crippen molar-refractivity contribution in [1.82, 2.24) is 25.7 Å². The zero-order valence-corrected chi connectivity index (χ0v) is 15.5. The molecule has 0 bridgehead atoms. The van der Waals surface area contributed by atoms with Gasteiger partial charge in [0.2, 0.25) is 0 Å². The van der Waals surface area contributed by atoms with Gasteiger partial charge in [0.1, 0.15) is 0 Å². The van der Waals surface area contributed by atoms with Crippen LogP contribution in [0.25, 0.3) is 0 Å². The second-order valence-corrected chi connectivity index (χ2v) is 7.41. The molecule has 2 aromatic rings. The first-order valence-electron chi connectivity index (χ1n) is 9.73. The number of hydrogen-bond acceptors (Lipinski definition) is 5. The third-order valence-electron chi connectivity index (χ3n) is 5.53. The van der Waals surface area contributed by atoms with E-state index in [0.717, 1.165) is 62.3 Å². The van der Waals surface area contributed by atoms with Gasteiger partial charge in [-0.1, -0.05) is 24.3 Å². The summed E-state index contributed by atoms with van der Waals surface area (Å²) in [5, 5.41) is 23.2. The Kier molecular flexibility index (Phi) is 5.52. The van der Waals surface area contributed by atoms with Crippen molar-refractivity contribution >= 4 is 5.91 Å². The maximum atomic E-state index is 12.6. The van der Waals surface area contributed by atoms with E-state index >= 15 is 0 Å². The smallest absolute Gasteiger partial charge is 0.272 e. The minimum atomic E-state index is -0.162. The SMILES string of the molecule is O=C(NCc1ccccc1CN1CCC(O)CC1)c1n[nH]c2c1CNCC2. The molecule has 1 fully saturated rings. The van der Waals surface area contributed by atoms with Crippen molar-refractivity contribution in [3.63, 3.8) is 0 Å². The zero-order valence-electron chi connectivity index (χ0n) is 15.5. The quantitative estimate of drug-likeness (QED) is 0.630. The predicted octanol–water partition coefficient (Wildman–Crippen LogP) is 0.942. The third-order valence-corrected chi connectivity index (χ3v) is 5.53. The fourth-order valence-corrected chi connectivity index (χ4v) is 3.87. The molecule has 4 N–H and O–H groups in total. The first-order chi connectivity index (χ1) is 13.2. The highest BCUT2D eigenvalue weighted by Gasteiger charge is 2.22. The number of nitrogens with zero attached hydrogens (tertiary/aromatic N) is 2. The third kappa shape index (κ3) is 4.21. The van der Waals surface area contributed by atoms with Crippen LogP contribution in [0.3, 0.4) is 0 Å². The van der Waals surface area contributed by atoms with Gasteiger partial charge in [-0.25, -0.2) is 0 Å². The molecule has 27 heavy (non-hydrogen) atoms. The Labute approximate surface area is 159 Å². The number of benzene rings is 1. The molecular formula is C20H27N5O2. The monoisotopic (exact) mass is 369 g/mol. The minimum absolute atomic E-state index is 0.132. The number of likely N-dealkylation sites (tertiary alicyclic amines) is 1. The van der Waals surface area contributed by atoms with E-state index < -0.39 is 0 Å². The lowest BCUT2D eigenvalue weighted by Crippen LogP contribution is -2.35. The van der Waals surface area contributed by atoms with Gasteiger partial charge in [0.05, 0.1) is 6.10 Å². The second-order valence-electron chi connectivity index (χ2n) is 7.41. The normalized spacial score (nSPS) is 18.3. The van der Waals surface area contributed by atoms with E-state index in [-0.39, 0.29) is 12.0 Å². The maximum Gasteiger partial charge on any atom is 0.272 e. The van der Waals surface area contributed by atoms with Crippen molar-refractivity contribution in [2.45, 2.75) is 45.0 Å². The highest BCUT2D eigenvalue weighted by Crippen LogP contribution is 2.18. The van der Waals surface area contributed by atoms with Crippen LogP contribution in [-0.4, -0.2) is 51.8 Å².